The normalized spacial score (nSPS) is 24.0. The first-order valence-electron chi connectivity index (χ1n) is 4.12. The van der Waals surface area contributed by atoms with E-state index in [1.54, 1.807) is 0 Å². The largest absolute Gasteiger partial charge is 0.370 e. The monoisotopic (exact) mass is 142 g/mol. The molecule has 1 fully saturated rings. The maximum absolute atomic E-state index is 5.86. The fraction of sp³-hybridized carbons (Fsp3) is 1.00. The molecule has 10 heavy (non-hydrogen) atoms. The van der Waals surface area contributed by atoms with Crippen LogP contribution in [0.3, 0.4) is 0 Å². The van der Waals surface area contributed by atoms with Crippen molar-refractivity contribution in [1.29, 1.82) is 0 Å². The van der Waals surface area contributed by atoms with Crippen LogP contribution in [0, 0.1) is 0 Å². The van der Waals surface area contributed by atoms with Crippen molar-refractivity contribution < 1.29 is 4.74 Å². The molecule has 1 aliphatic carbocycles. The van der Waals surface area contributed by atoms with Gasteiger partial charge in [0.15, 0.2) is 0 Å². The van der Waals surface area contributed by atoms with Crippen molar-refractivity contribution >= 4 is 0 Å². The van der Waals surface area contributed by atoms with E-state index in [1.807, 2.05) is 0 Å². The minimum absolute atomic E-state index is 0.0369. The third-order valence-electron chi connectivity index (χ3n) is 1.96. The summed E-state index contributed by atoms with van der Waals surface area (Å²) in [5, 5.41) is 0. The lowest BCUT2D eigenvalue weighted by Gasteiger charge is -2.43. The van der Waals surface area contributed by atoms with Crippen molar-refractivity contribution in [3.8, 4) is 0 Å². The van der Waals surface area contributed by atoms with Gasteiger partial charge in [0.2, 0.25) is 0 Å². The zero-order valence-electron chi connectivity index (χ0n) is 7.53. The molecule has 0 aromatic rings. The molecule has 0 radical (unpaired) electrons. The minimum atomic E-state index is 0.0369. The van der Waals surface area contributed by atoms with Crippen molar-refractivity contribution in [2.45, 2.75) is 58.2 Å². The second-order valence-electron chi connectivity index (χ2n) is 4.52. The molecule has 60 valence electrons. The Labute approximate surface area is 63.8 Å². The Bertz CT molecular complexity index is 117. The van der Waals surface area contributed by atoms with Crippen LogP contribution in [-0.2, 0) is 4.74 Å². The Morgan fingerprint density at radius 3 is 1.80 bits per heavy atom. The number of rotatable bonds is 1. The van der Waals surface area contributed by atoms with Gasteiger partial charge >= 0.3 is 0 Å². The van der Waals surface area contributed by atoms with Crippen LogP contribution in [0.25, 0.3) is 0 Å². The van der Waals surface area contributed by atoms with Crippen LogP contribution in [0.15, 0.2) is 0 Å². The maximum Gasteiger partial charge on any atom is 0.0661 e. The highest BCUT2D eigenvalue weighted by Gasteiger charge is 2.36. The van der Waals surface area contributed by atoms with E-state index in [-0.39, 0.29) is 11.2 Å². The van der Waals surface area contributed by atoms with Gasteiger partial charge in [-0.15, -0.1) is 0 Å². The first kappa shape index (κ1) is 8.06. The summed E-state index contributed by atoms with van der Waals surface area (Å²) in [6.07, 6.45) is 3.82. The fourth-order valence-corrected chi connectivity index (χ4v) is 1.52. The summed E-state index contributed by atoms with van der Waals surface area (Å²) in [5.41, 5.74) is 0.243. The van der Waals surface area contributed by atoms with E-state index in [0.29, 0.717) is 0 Å². The predicted octanol–water partition coefficient (Wildman–Crippen LogP) is 2.74. The van der Waals surface area contributed by atoms with Gasteiger partial charge in [-0.1, -0.05) is 0 Å². The van der Waals surface area contributed by atoms with Crippen LogP contribution in [0.5, 0.6) is 0 Å². The highest BCUT2D eigenvalue weighted by atomic mass is 16.5. The Balaban J connectivity index is 2.37. The lowest BCUT2D eigenvalue weighted by atomic mass is 9.81. The standard InChI is InChI=1S/C9H18O/c1-8(2,3)10-9(4)6-5-7-9/h5-7H2,1-4H3. The van der Waals surface area contributed by atoms with Gasteiger partial charge in [-0.05, 0) is 47.0 Å². The van der Waals surface area contributed by atoms with Gasteiger partial charge in [0.25, 0.3) is 0 Å². The second kappa shape index (κ2) is 2.23. The summed E-state index contributed by atoms with van der Waals surface area (Å²) in [4.78, 5) is 0. The molecule has 0 spiro atoms. The van der Waals surface area contributed by atoms with Crippen molar-refractivity contribution in [2.75, 3.05) is 0 Å². The summed E-state index contributed by atoms with van der Waals surface area (Å²) in [7, 11) is 0. The molecule has 0 N–H and O–H groups in total. The lowest BCUT2D eigenvalue weighted by molar-refractivity contribution is -0.159. The zero-order valence-corrected chi connectivity index (χ0v) is 7.53. The van der Waals surface area contributed by atoms with Crippen LogP contribution in [0.2, 0.25) is 0 Å². The van der Waals surface area contributed by atoms with E-state index >= 15 is 0 Å². The van der Waals surface area contributed by atoms with Gasteiger partial charge in [0.1, 0.15) is 0 Å². The van der Waals surface area contributed by atoms with Crippen LogP contribution in [-0.4, -0.2) is 11.2 Å². The fourth-order valence-electron chi connectivity index (χ4n) is 1.52. The molecule has 0 aliphatic heterocycles. The molecule has 0 aromatic heterocycles. The van der Waals surface area contributed by atoms with E-state index in [0.717, 1.165) is 0 Å². The van der Waals surface area contributed by atoms with Crippen molar-refractivity contribution in [3.63, 3.8) is 0 Å². The van der Waals surface area contributed by atoms with Crippen LogP contribution in [0.4, 0.5) is 0 Å². The van der Waals surface area contributed by atoms with E-state index in [1.165, 1.54) is 19.3 Å². The number of ether oxygens (including phenoxy) is 1. The highest BCUT2D eigenvalue weighted by Crippen LogP contribution is 2.37. The van der Waals surface area contributed by atoms with E-state index in [9.17, 15) is 0 Å². The summed E-state index contributed by atoms with van der Waals surface area (Å²) < 4.78 is 5.86. The molecule has 1 rings (SSSR count). The molecule has 1 saturated carbocycles. The summed E-state index contributed by atoms with van der Waals surface area (Å²) in [5.74, 6) is 0. The first-order chi connectivity index (χ1) is 4.41. The lowest BCUT2D eigenvalue weighted by Crippen LogP contribution is -2.42. The Hall–Kier alpha value is -0.0400. The molecule has 0 saturated heterocycles. The zero-order chi connectivity index (χ0) is 7.83. The van der Waals surface area contributed by atoms with E-state index < -0.39 is 0 Å². The van der Waals surface area contributed by atoms with Gasteiger partial charge in [-0.3, -0.25) is 0 Å². The molecule has 0 unspecified atom stereocenters. The molecule has 1 nitrogen and oxygen atoms in total. The second-order valence-corrected chi connectivity index (χ2v) is 4.52. The summed E-state index contributed by atoms with van der Waals surface area (Å²) in [6.45, 7) is 8.57. The number of hydrogen-bond donors (Lipinski definition) is 0. The van der Waals surface area contributed by atoms with Gasteiger partial charge in [-0.25, -0.2) is 0 Å². The maximum atomic E-state index is 5.86. The van der Waals surface area contributed by atoms with Crippen LogP contribution in [0.1, 0.15) is 47.0 Å². The van der Waals surface area contributed by atoms with Gasteiger partial charge < -0.3 is 4.74 Å². The highest BCUT2D eigenvalue weighted by molar-refractivity contribution is 4.87. The quantitative estimate of drug-likeness (QED) is 0.547. The third-order valence-corrected chi connectivity index (χ3v) is 1.96. The molecular weight excluding hydrogens is 124 g/mol. The average Bonchev–Trinajstić information content (AvgIpc) is 1.57. The Morgan fingerprint density at radius 2 is 1.70 bits per heavy atom. The molecule has 0 heterocycles. The SMILES string of the molecule is CC(C)(C)OC1(C)CCC1. The Kier molecular flexibility index (Phi) is 1.80. The van der Waals surface area contributed by atoms with Gasteiger partial charge in [-0.2, -0.15) is 0 Å². The van der Waals surface area contributed by atoms with Gasteiger partial charge in [0.05, 0.1) is 11.2 Å². The molecule has 0 aromatic carbocycles. The van der Waals surface area contributed by atoms with Crippen molar-refractivity contribution in [3.05, 3.63) is 0 Å². The summed E-state index contributed by atoms with van der Waals surface area (Å²) in [6, 6.07) is 0. The predicted molar refractivity (Wildman–Crippen MR) is 43.1 cm³/mol. The van der Waals surface area contributed by atoms with E-state index in [2.05, 4.69) is 27.7 Å². The number of hydrogen-bond acceptors (Lipinski definition) is 1. The minimum Gasteiger partial charge on any atom is -0.370 e. The molecular formula is C9H18O. The van der Waals surface area contributed by atoms with E-state index in [4.69, 9.17) is 4.74 Å². The molecule has 0 atom stereocenters. The Morgan fingerprint density at radius 1 is 1.20 bits per heavy atom. The average molecular weight is 142 g/mol. The van der Waals surface area contributed by atoms with Gasteiger partial charge in [0, 0.05) is 0 Å². The van der Waals surface area contributed by atoms with Crippen molar-refractivity contribution in [2.24, 2.45) is 0 Å². The molecule has 1 aliphatic rings. The van der Waals surface area contributed by atoms with Crippen LogP contribution >= 0.6 is 0 Å². The van der Waals surface area contributed by atoms with Crippen molar-refractivity contribution in [1.82, 2.24) is 0 Å². The first-order valence-corrected chi connectivity index (χ1v) is 4.12. The topological polar surface area (TPSA) is 9.23 Å². The summed E-state index contributed by atoms with van der Waals surface area (Å²) >= 11 is 0. The third kappa shape index (κ3) is 1.98. The molecule has 0 amide bonds. The smallest absolute Gasteiger partial charge is 0.0661 e. The van der Waals surface area contributed by atoms with Crippen LogP contribution < -0.4 is 0 Å². The molecule has 0 bridgehead atoms. The molecule has 1 heteroatoms.